The van der Waals surface area contributed by atoms with E-state index >= 15 is 4.39 Å². The van der Waals surface area contributed by atoms with Crippen LogP contribution in [0.25, 0.3) is 16.9 Å². The first kappa shape index (κ1) is 28.2. The number of fused-ring (bicyclic) bond motifs is 1. The molecule has 0 radical (unpaired) electrons. The zero-order valence-electron chi connectivity index (χ0n) is 23.8. The van der Waals surface area contributed by atoms with Gasteiger partial charge in [0, 0.05) is 18.3 Å². The first-order valence-corrected chi connectivity index (χ1v) is 13.6. The molecule has 0 saturated heterocycles. The Morgan fingerprint density at radius 3 is 2.54 bits per heavy atom. The third-order valence-electron chi connectivity index (χ3n) is 7.32. The minimum atomic E-state index is -0.817. The third kappa shape index (κ3) is 5.79. The summed E-state index contributed by atoms with van der Waals surface area (Å²) >= 11 is 0. The standard InChI is InChI=1S/C30H33FN6O4/c1-30(2,3)41-29(39)36-17-23-27(28(36)38)24(15-22(33-23)26-18(16-32)7-6-8-21(26)31)37-14-13-25(34-37)40-20-11-9-19(10-12-20)35(4)5/h6-8,13-15,19-20H,9-12,17H2,1-5H3/t19-,20-. The molecule has 11 heteroatoms. The third-order valence-corrected chi connectivity index (χ3v) is 7.32. The van der Waals surface area contributed by atoms with Crippen LogP contribution in [0.4, 0.5) is 9.18 Å². The van der Waals surface area contributed by atoms with E-state index in [2.05, 4.69) is 29.1 Å². The molecule has 3 aromatic rings. The highest BCUT2D eigenvalue weighted by molar-refractivity contribution is 6.08. The Morgan fingerprint density at radius 2 is 1.88 bits per heavy atom. The molecule has 3 heterocycles. The Hall–Kier alpha value is -4.30. The van der Waals surface area contributed by atoms with E-state index < -0.39 is 23.4 Å². The molecular formula is C30H33FN6O4. The van der Waals surface area contributed by atoms with E-state index in [-0.39, 0.29) is 40.7 Å². The number of halogens is 1. The number of rotatable bonds is 5. The van der Waals surface area contributed by atoms with Gasteiger partial charge in [-0.05, 0) is 78.7 Å². The van der Waals surface area contributed by atoms with Crippen molar-refractivity contribution < 1.29 is 23.5 Å². The summed E-state index contributed by atoms with van der Waals surface area (Å²) in [5.41, 5.74) is 0.114. The average molecular weight is 561 g/mol. The highest BCUT2D eigenvalue weighted by Crippen LogP contribution is 2.35. The summed E-state index contributed by atoms with van der Waals surface area (Å²) in [6.45, 7) is 4.96. The number of hydrogen-bond donors (Lipinski definition) is 0. The van der Waals surface area contributed by atoms with Crippen LogP contribution in [0.1, 0.15) is 68.1 Å². The number of aromatic nitrogens is 3. The molecule has 0 N–H and O–H groups in total. The lowest BCUT2D eigenvalue weighted by Crippen LogP contribution is -2.37. The van der Waals surface area contributed by atoms with Gasteiger partial charge in [-0.3, -0.25) is 4.79 Å². The van der Waals surface area contributed by atoms with Crippen molar-refractivity contribution in [2.75, 3.05) is 14.1 Å². The van der Waals surface area contributed by atoms with Crippen molar-refractivity contribution in [3.05, 3.63) is 59.2 Å². The normalized spacial score (nSPS) is 18.8. The van der Waals surface area contributed by atoms with Gasteiger partial charge in [0.05, 0.1) is 46.4 Å². The number of hydrogen-bond acceptors (Lipinski definition) is 8. The molecule has 214 valence electrons. The van der Waals surface area contributed by atoms with Crippen LogP contribution in [-0.4, -0.2) is 68.4 Å². The van der Waals surface area contributed by atoms with Crippen molar-refractivity contribution in [2.45, 2.75) is 70.7 Å². The Bertz CT molecular complexity index is 1530. The van der Waals surface area contributed by atoms with Crippen LogP contribution in [0.3, 0.4) is 0 Å². The molecule has 1 aliphatic carbocycles. The van der Waals surface area contributed by atoms with Gasteiger partial charge in [0.25, 0.3) is 5.91 Å². The fraction of sp³-hybridized carbons (Fsp3) is 0.433. The molecule has 0 unspecified atom stereocenters. The number of imide groups is 1. The van der Waals surface area contributed by atoms with Crippen molar-refractivity contribution in [3.63, 3.8) is 0 Å². The van der Waals surface area contributed by atoms with Crippen LogP contribution in [0, 0.1) is 17.1 Å². The SMILES string of the molecule is CN(C)[C@H]1CC[C@H](Oc2ccn(-c3cc(-c4c(F)cccc4C#N)nc4c3C(=O)N(C(=O)OC(C)(C)C)C4)n2)CC1. The zero-order chi connectivity index (χ0) is 29.5. The number of carbonyl (C=O) groups excluding carboxylic acids is 2. The van der Waals surface area contributed by atoms with E-state index in [4.69, 9.17) is 9.47 Å². The molecular weight excluding hydrogens is 527 g/mol. The first-order valence-electron chi connectivity index (χ1n) is 13.6. The van der Waals surface area contributed by atoms with Gasteiger partial charge in [0.15, 0.2) is 0 Å². The van der Waals surface area contributed by atoms with Crippen LogP contribution in [-0.2, 0) is 11.3 Å². The second kappa shape index (κ2) is 10.9. The van der Waals surface area contributed by atoms with Gasteiger partial charge in [-0.2, -0.15) is 5.26 Å². The summed E-state index contributed by atoms with van der Waals surface area (Å²) in [4.78, 5) is 34.2. The lowest BCUT2D eigenvalue weighted by molar-refractivity contribution is 0.0247. The number of ether oxygens (including phenoxy) is 2. The van der Waals surface area contributed by atoms with Crippen molar-refractivity contribution in [3.8, 4) is 28.9 Å². The Morgan fingerprint density at radius 1 is 1.15 bits per heavy atom. The first-order chi connectivity index (χ1) is 19.4. The lowest BCUT2D eigenvalue weighted by atomic mass is 9.92. The molecule has 1 fully saturated rings. The summed E-state index contributed by atoms with van der Waals surface area (Å²) in [7, 11) is 4.17. The van der Waals surface area contributed by atoms with Crippen LogP contribution in [0.2, 0.25) is 0 Å². The summed E-state index contributed by atoms with van der Waals surface area (Å²) in [6, 6.07) is 9.94. The average Bonchev–Trinajstić information content (AvgIpc) is 3.51. The minimum absolute atomic E-state index is 0.00324. The van der Waals surface area contributed by atoms with E-state index in [9.17, 15) is 14.9 Å². The second-order valence-corrected chi connectivity index (χ2v) is 11.6. The van der Waals surface area contributed by atoms with Crippen molar-refractivity contribution >= 4 is 12.0 Å². The van der Waals surface area contributed by atoms with E-state index in [1.54, 1.807) is 33.0 Å². The van der Waals surface area contributed by atoms with Gasteiger partial charge < -0.3 is 14.4 Å². The number of nitriles is 1. The van der Waals surface area contributed by atoms with Gasteiger partial charge in [-0.1, -0.05) is 6.07 Å². The molecule has 0 atom stereocenters. The van der Waals surface area contributed by atoms with Gasteiger partial charge in [-0.15, -0.1) is 5.10 Å². The smallest absolute Gasteiger partial charge is 0.417 e. The fourth-order valence-corrected chi connectivity index (χ4v) is 5.29. The molecule has 1 saturated carbocycles. The van der Waals surface area contributed by atoms with E-state index in [0.717, 1.165) is 30.6 Å². The maximum absolute atomic E-state index is 15.0. The Balaban J connectivity index is 1.52. The number of amides is 2. The number of pyridine rings is 1. The quantitative estimate of drug-likeness (QED) is 0.424. The maximum atomic E-state index is 15.0. The van der Waals surface area contributed by atoms with Crippen molar-refractivity contribution in [1.29, 1.82) is 5.26 Å². The van der Waals surface area contributed by atoms with E-state index in [1.807, 2.05) is 6.07 Å². The van der Waals surface area contributed by atoms with Gasteiger partial charge >= 0.3 is 6.09 Å². The molecule has 2 amide bonds. The molecule has 2 aromatic heterocycles. The molecule has 1 aliphatic heterocycles. The molecule has 0 spiro atoms. The monoisotopic (exact) mass is 560 g/mol. The van der Waals surface area contributed by atoms with E-state index in [1.165, 1.54) is 28.9 Å². The topological polar surface area (TPSA) is 114 Å². The summed E-state index contributed by atoms with van der Waals surface area (Å²) in [5, 5.41) is 14.2. The second-order valence-electron chi connectivity index (χ2n) is 11.6. The summed E-state index contributed by atoms with van der Waals surface area (Å²) in [5.74, 6) is -0.839. The summed E-state index contributed by atoms with van der Waals surface area (Å²) < 4.78 is 28.1. The van der Waals surface area contributed by atoms with Gasteiger partial charge in [-0.25, -0.2) is 23.8 Å². The number of nitrogens with zero attached hydrogens (tertiary/aromatic N) is 6. The zero-order valence-corrected chi connectivity index (χ0v) is 23.8. The fourth-order valence-electron chi connectivity index (χ4n) is 5.29. The van der Waals surface area contributed by atoms with Crippen LogP contribution < -0.4 is 4.74 Å². The van der Waals surface area contributed by atoms with E-state index in [0.29, 0.717) is 17.6 Å². The number of benzene rings is 1. The van der Waals surface area contributed by atoms with Gasteiger partial charge in [0.1, 0.15) is 17.5 Å². The molecule has 5 rings (SSSR count). The molecule has 1 aromatic carbocycles. The Kier molecular flexibility index (Phi) is 7.53. The van der Waals surface area contributed by atoms with Crippen molar-refractivity contribution in [2.24, 2.45) is 0 Å². The largest absolute Gasteiger partial charge is 0.473 e. The highest BCUT2D eigenvalue weighted by atomic mass is 19.1. The molecule has 0 bridgehead atoms. The van der Waals surface area contributed by atoms with Gasteiger partial charge in [0.2, 0.25) is 5.88 Å². The van der Waals surface area contributed by atoms with Crippen LogP contribution in [0.15, 0.2) is 36.5 Å². The number of carbonyl (C=O) groups is 2. The molecule has 41 heavy (non-hydrogen) atoms. The molecule has 2 aliphatic rings. The molecule has 10 nitrogen and oxygen atoms in total. The maximum Gasteiger partial charge on any atom is 0.417 e. The van der Waals surface area contributed by atoms with Crippen LogP contribution >= 0.6 is 0 Å². The summed E-state index contributed by atoms with van der Waals surface area (Å²) in [6.07, 6.45) is 4.71. The highest BCUT2D eigenvalue weighted by Gasteiger charge is 2.39. The van der Waals surface area contributed by atoms with Crippen molar-refractivity contribution in [1.82, 2.24) is 24.6 Å². The predicted octanol–water partition coefficient (Wildman–Crippen LogP) is 5.09. The predicted molar refractivity (Wildman–Crippen MR) is 148 cm³/mol. The van der Waals surface area contributed by atoms with Crippen LogP contribution in [0.5, 0.6) is 5.88 Å². The minimum Gasteiger partial charge on any atom is -0.473 e. The lowest BCUT2D eigenvalue weighted by Gasteiger charge is -2.32. The Labute approximate surface area is 238 Å².